The van der Waals surface area contributed by atoms with Crippen molar-refractivity contribution in [1.82, 2.24) is 14.7 Å². The van der Waals surface area contributed by atoms with Gasteiger partial charge in [0.1, 0.15) is 5.69 Å². The Morgan fingerprint density at radius 1 is 1.29 bits per heavy atom. The normalized spacial score (nSPS) is 17.7. The molecule has 1 amide bonds. The zero-order chi connectivity index (χ0) is 17.1. The molecule has 1 aromatic heterocycles. The van der Waals surface area contributed by atoms with Gasteiger partial charge in [0.15, 0.2) is 0 Å². The SMILES string of the molecule is CC(C)Cc1cc(C(=O)N2CC[C@H](Cc3ccccc3)C2)n(C)n1. The number of rotatable bonds is 5. The lowest BCUT2D eigenvalue weighted by Gasteiger charge is -2.16. The number of likely N-dealkylation sites (tertiary alicyclic amines) is 1. The smallest absolute Gasteiger partial charge is 0.272 e. The molecule has 4 nitrogen and oxygen atoms in total. The molecule has 1 saturated heterocycles. The van der Waals surface area contributed by atoms with E-state index >= 15 is 0 Å². The van der Waals surface area contributed by atoms with Crippen LogP contribution in [0.25, 0.3) is 0 Å². The zero-order valence-corrected chi connectivity index (χ0v) is 14.9. The highest BCUT2D eigenvalue weighted by molar-refractivity contribution is 5.92. The van der Waals surface area contributed by atoms with Gasteiger partial charge < -0.3 is 4.90 Å². The molecular formula is C20H27N3O. The molecule has 0 bridgehead atoms. The van der Waals surface area contributed by atoms with Gasteiger partial charge in [0.25, 0.3) is 5.91 Å². The van der Waals surface area contributed by atoms with E-state index < -0.39 is 0 Å². The molecular weight excluding hydrogens is 298 g/mol. The van der Waals surface area contributed by atoms with Crippen LogP contribution in [0.5, 0.6) is 0 Å². The first-order chi connectivity index (χ1) is 11.5. The fourth-order valence-electron chi connectivity index (χ4n) is 3.54. The van der Waals surface area contributed by atoms with Crippen LogP contribution < -0.4 is 0 Å². The summed E-state index contributed by atoms with van der Waals surface area (Å²) < 4.78 is 1.74. The topological polar surface area (TPSA) is 38.1 Å². The van der Waals surface area contributed by atoms with E-state index in [1.165, 1.54) is 5.56 Å². The molecule has 4 heteroatoms. The van der Waals surface area contributed by atoms with Gasteiger partial charge in [0.05, 0.1) is 5.69 Å². The molecule has 24 heavy (non-hydrogen) atoms. The lowest BCUT2D eigenvalue weighted by atomic mass is 9.99. The van der Waals surface area contributed by atoms with Gasteiger partial charge in [-0.25, -0.2) is 0 Å². The van der Waals surface area contributed by atoms with E-state index in [9.17, 15) is 4.79 Å². The van der Waals surface area contributed by atoms with Crippen LogP contribution in [0.15, 0.2) is 36.4 Å². The number of carbonyl (C=O) groups is 1. The van der Waals surface area contributed by atoms with Crippen LogP contribution in [0.4, 0.5) is 0 Å². The minimum Gasteiger partial charge on any atom is -0.337 e. The second kappa shape index (κ2) is 7.20. The van der Waals surface area contributed by atoms with Gasteiger partial charge in [0.2, 0.25) is 0 Å². The Morgan fingerprint density at radius 2 is 2.04 bits per heavy atom. The van der Waals surface area contributed by atoms with Gasteiger partial charge in [-0.3, -0.25) is 9.48 Å². The maximum absolute atomic E-state index is 12.8. The highest BCUT2D eigenvalue weighted by Crippen LogP contribution is 2.23. The van der Waals surface area contributed by atoms with Crippen LogP contribution in [-0.4, -0.2) is 33.7 Å². The summed E-state index contributed by atoms with van der Waals surface area (Å²) >= 11 is 0. The van der Waals surface area contributed by atoms with E-state index in [2.05, 4.69) is 43.2 Å². The quantitative estimate of drug-likeness (QED) is 0.846. The maximum atomic E-state index is 12.8. The molecule has 1 fully saturated rings. The largest absolute Gasteiger partial charge is 0.337 e. The maximum Gasteiger partial charge on any atom is 0.272 e. The summed E-state index contributed by atoms with van der Waals surface area (Å²) in [5.41, 5.74) is 3.08. The molecule has 2 aromatic rings. The summed E-state index contributed by atoms with van der Waals surface area (Å²) in [5, 5.41) is 4.50. The minimum absolute atomic E-state index is 0.121. The molecule has 0 aliphatic carbocycles. The van der Waals surface area contributed by atoms with Crippen LogP contribution in [-0.2, 0) is 19.9 Å². The van der Waals surface area contributed by atoms with Gasteiger partial charge in [-0.15, -0.1) is 0 Å². The summed E-state index contributed by atoms with van der Waals surface area (Å²) in [6.45, 7) is 6.04. The number of benzene rings is 1. The molecule has 1 aliphatic heterocycles. The average molecular weight is 325 g/mol. The molecule has 1 atom stereocenters. The van der Waals surface area contributed by atoms with E-state index in [1.54, 1.807) is 4.68 Å². The minimum atomic E-state index is 0.121. The second-order valence-electron chi connectivity index (χ2n) is 7.34. The average Bonchev–Trinajstić information content (AvgIpc) is 3.14. The molecule has 0 unspecified atom stereocenters. The molecule has 0 N–H and O–H groups in total. The van der Waals surface area contributed by atoms with Crippen LogP contribution in [0.1, 0.15) is 42.0 Å². The van der Waals surface area contributed by atoms with E-state index in [1.807, 2.05) is 24.1 Å². The number of amides is 1. The number of hydrogen-bond donors (Lipinski definition) is 0. The molecule has 0 radical (unpaired) electrons. The van der Waals surface area contributed by atoms with Crippen molar-refractivity contribution >= 4 is 5.91 Å². The third-order valence-corrected chi connectivity index (χ3v) is 4.71. The van der Waals surface area contributed by atoms with Crippen LogP contribution in [0.3, 0.4) is 0 Å². The van der Waals surface area contributed by atoms with Gasteiger partial charge in [-0.05, 0) is 42.7 Å². The number of aromatic nitrogens is 2. The van der Waals surface area contributed by atoms with Crippen molar-refractivity contribution in [2.24, 2.45) is 18.9 Å². The summed E-state index contributed by atoms with van der Waals surface area (Å²) in [5.74, 6) is 1.22. The van der Waals surface area contributed by atoms with Crippen molar-refractivity contribution in [1.29, 1.82) is 0 Å². The standard InChI is InChI=1S/C20H27N3O/c1-15(2)11-18-13-19(22(3)21-18)20(24)23-10-9-17(14-23)12-16-7-5-4-6-8-16/h4-8,13,15,17H,9-12,14H2,1-3H3/t17-/m1/s1. The predicted octanol–water partition coefficient (Wildman–Crippen LogP) is 3.32. The molecule has 3 rings (SSSR count). The monoisotopic (exact) mass is 325 g/mol. The number of nitrogens with zero attached hydrogens (tertiary/aromatic N) is 3. The first-order valence-corrected chi connectivity index (χ1v) is 8.89. The van der Waals surface area contributed by atoms with Gasteiger partial charge in [0, 0.05) is 20.1 Å². The third-order valence-electron chi connectivity index (χ3n) is 4.71. The van der Waals surface area contributed by atoms with Crippen molar-refractivity contribution in [3.05, 3.63) is 53.3 Å². The lowest BCUT2D eigenvalue weighted by Crippen LogP contribution is -2.30. The highest BCUT2D eigenvalue weighted by atomic mass is 16.2. The first kappa shape index (κ1) is 16.7. The highest BCUT2D eigenvalue weighted by Gasteiger charge is 2.28. The molecule has 1 aromatic carbocycles. The molecule has 2 heterocycles. The van der Waals surface area contributed by atoms with Crippen molar-refractivity contribution in [3.63, 3.8) is 0 Å². The fourth-order valence-corrected chi connectivity index (χ4v) is 3.54. The predicted molar refractivity (Wildman–Crippen MR) is 95.9 cm³/mol. The van der Waals surface area contributed by atoms with E-state index in [-0.39, 0.29) is 5.91 Å². The van der Waals surface area contributed by atoms with Gasteiger partial charge in [-0.2, -0.15) is 5.10 Å². The van der Waals surface area contributed by atoms with E-state index in [0.717, 1.165) is 38.0 Å². The number of carbonyl (C=O) groups excluding carboxylic acids is 1. The summed E-state index contributed by atoms with van der Waals surface area (Å²) in [6.07, 6.45) is 3.05. The summed E-state index contributed by atoms with van der Waals surface area (Å²) in [4.78, 5) is 14.8. The lowest BCUT2D eigenvalue weighted by molar-refractivity contribution is 0.0776. The van der Waals surface area contributed by atoms with E-state index in [4.69, 9.17) is 0 Å². The van der Waals surface area contributed by atoms with Crippen molar-refractivity contribution in [2.75, 3.05) is 13.1 Å². The Labute approximate surface area is 144 Å². The second-order valence-corrected chi connectivity index (χ2v) is 7.34. The van der Waals surface area contributed by atoms with Crippen LogP contribution in [0, 0.1) is 11.8 Å². The van der Waals surface area contributed by atoms with E-state index in [0.29, 0.717) is 17.5 Å². The van der Waals surface area contributed by atoms with Gasteiger partial charge >= 0.3 is 0 Å². The van der Waals surface area contributed by atoms with Crippen LogP contribution in [0.2, 0.25) is 0 Å². The Morgan fingerprint density at radius 3 is 2.75 bits per heavy atom. The Hall–Kier alpha value is -2.10. The number of aryl methyl sites for hydroxylation is 1. The first-order valence-electron chi connectivity index (χ1n) is 8.89. The number of hydrogen-bond acceptors (Lipinski definition) is 2. The summed E-state index contributed by atoms with van der Waals surface area (Å²) in [6, 6.07) is 12.5. The van der Waals surface area contributed by atoms with Crippen molar-refractivity contribution in [2.45, 2.75) is 33.1 Å². The van der Waals surface area contributed by atoms with Crippen molar-refractivity contribution in [3.8, 4) is 0 Å². The van der Waals surface area contributed by atoms with Crippen LogP contribution >= 0.6 is 0 Å². The Balaban J connectivity index is 1.63. The fraction of sp³-hybridized carbons (Fsp3) is 0.500. The molecule has 0 saturated carbocycles. The molecule has 0 spiro atoms. The third kappa shape index (κ3) is 3.86. The molecule has 128 valence electrons. The zero-order valence-electron chi connectivity index (χ0n) is 14.9. The molecule has 1 aliphatic rings. The Kier molecular flexibility index (Phi) is 5.03. The van der Waals surface area contributed by atoms with Gasteiger partial charge in [-0.1, -0.05) is 44.2 Å². The Bertz CT molecular complexity index is 690. The summed E-state index contributed by atoms with van der Waals surface area (Å²) in [7, 11) is 1.87. The van der Waals surface area contributed by atoms with Crippen molar-refractivity contribution < 1.29 is 4.79 Å².